The van der Waals surface area contributed by atoms with E-state index in [2.05, 4.69) is 16.7 Å². The van der Waals surface area contributed by atoms with E-state index in [4.69, 9.17) is 4.98 Å². The van der Waals surface area contributed by atoms with Gasteiger partial charge in [0.25, 0.3) is 0 Å². The van der Waals surface area contributed by atoms with E-state index in [0.717, 1.165) is 17.8 Å². The van der Waals surface area contributed by atoms with Gasteiger partial charge in [-0.05, 0) is 12.5 Å². The number of rotatable bonds is 7. The van der Waals surface area contributed by atoms with E-state index < -0.39 is 18.0 Å². The fraction of sp³-hybridized carbons (Fsp3) is 0.333. The molecule has 1 aromatic carbocycles. The number of imidazole rings is 1. The van der Waals surface area contributed by atoms with Crippen molar-refractivity contribution in [3.63, 3.8) is 0 Å². The summed E-state index contributed by atoms with van der Waals surface area (Å²) in [5, 5.41) is 23.8. The average molecular weight is 497 g/mol. The predicted molar refractivity (Wildman–Crippen MR) is 125 cm³/mol. The summed E-state index contributed by atoms with van der Waals surface area (Å²) in [6.07, 6.45) is 5.21. The summed E-state index contributed by atoms with van der Waals surface area (Å²) in [6, 6.07) is 7.85. The zero-order valence-corrected chi connectivity index (χ0v) is 20.5. The highest BCUT2D eigenvalue weighted by Crippen LogP contribution is 2.52. The van der Waals surface area contributed by atoms with Crippen LogP contribution in [0, 0.1) is 11.8 Å². The van der Waals surface area contributed by atoms with E-state index in [0.29, 0.717) is 9.24 Å². The molecule has 5 rings (SSSR count). The van der Waals surface area contributed by atoms with Gasteiger partial charge in [0.2, 0.25) is 12.2 Å². The number of amides is 1. The Balaban J connectivity index is 1.34. The second-order valence-electron chi connectivity index (χ2n) is 8.80. The van der Waals surface area contributed by atoms with Crippen LogP contribution in [-0.4, -0.2) is 43.6 Å². The number of carbonyl (C=O) groups excluding carboxylic acids is 2. The number of aryl methyl sites for hydroxylation is 1. The normalized spacial score (nSPS) is 22.6. The highest BCUT2D eigenvalue weighted by molar-refractivity contribution is 8.04. The number of hydrogen-bond acceptors (Lipinski definition) is 7. The van der Waals surface area contributed by atoms with E-state index in [9.17, 15) is 19.8 Å². The van der Waals surface area contributed by atoms with Crippen LogP contribution in [0.4, 0.5) is 0 Å². The number of aliphatic hydroxyl groups excluding tert-OH is 1. The molecule has 10 heteroatoms. The highest BCUT2D eigenvalue weighted by atomic mass is 32.2. The van der Waals surface area contributed by atoms with Gasteiger partial charge in [-0.15, -0.1) is 11.3 Å². The summed E-state index contributed by atoms with van der Waals surface area (Å²) in [4.78, 5) is 30.9. The van der Waals surface area contributed by atoms with Crippen LogP contribution in [0.2, 0.25) is 0 Å². The van der Waals surface area contributed by atoms with Gasteiger partial charge in [-0.3, -0.25) is 4.79 Å². The van der Waals surface area contributed by atoms with Crippen molar-refractivity contribution in [2.24, 2.45) is 18.9 Å². The van der Waals surface area contributed by atoms with Crippen molar-refractivity contribution in [1.82, 2.24) is 14.5 Å². The number of β-lactam (4-membered cyclic amide) rings is 1. The number of aromatic nitrogens is 3. The van der Waals surface area contributed by atoms with Crippen molar-refractivity contribution in [2.75, 3.05) is 0 Å². The monoisotopic (exact) mass is 496 g/mol. The van der Waals surface area contributed by atoms with Gasteiger partial charge in [0, 0.05) is 21.8 Å². The van der Waals surface area contributed by atoms with E-state index in [1.165, 1.54) is 33.6 Å². The van der Waals surface area contributed by atoms with Crippen LogP contribution < -0.4 is 9.67 Å². The van der Waals surface area contributed by atoms with Crippen molar-refractivity contribution in [2.45, 2.75) is 36.9 Å². The van der Waals surface area contributed by atoms with Crippen molar-refractivity contribution >= 4 is 35.0 Å². The Morgan fingerprint density at radius 3 is 2.71 bits per heavy atom. The van der Waals surface area contributed by atoms with Gasteiger partial charge in [0.1, 0.15) is 18.9 Å². The fourth-order valence-corrected chi connectivity index (χ4v) is 6.86. The molecule has 1 saturated heterocycles. The second kappa shape index (κ2) is 8.68. The van der Waals surface area contributed by atoms with E-state index >= 15 is 0 Å². The molecule has 0 bridgehead atoms. The van der Waals surface area contributed by atoms with Crippen LogP contribution >= 0.6 is 23.1 Å². The first-order valence-corrected chi connectivity index (χ1v) is 12.6. The third-order valence-electron chi connectivity index (χ3n) is 6.42. The lowest BCUT2D eigenvalue weighted by Crippen LogP contribution is -2.64. The molecule has 4 heterocycles. The zero-order valence-electron chi connectivity index (χ0n) is 18.9. The molecular weight excluding hydrogens is 472 g/mol. The number of carboxylic acid groups (broad SMARTS) is 1. The maximum absolute atomic E-state index is 12.5. The van der Waals surface area contributed by atoms with Crippen LogP contribution in [0.15, 0.2) is 63.3 Å². The number of thioether (sulfide) groups is 1. The molecule has 2 aliphatic rings. The number of carboxylic acids is 1. The molecule has 0 unspecified atom stereocenters. The number of aliphatic hydroxyl groups is 1. The Bertz CT molecular complexity index is 1290. The first-order valence-electron chi connectivity index (χ1n) is 10.9. The Hall–Kier alpha value is -2.95. The Morgan fingerprint density at radius 1 is 1.35 bits per heavy atom. The number of thiazole rings is 1. The molecule has 2 aromatic heterocycles. The molecule has 1 amide bonds. The predicted octanol–water partition coefficient (Wildman–Crippen LogP) is 1.40. The minimum atomic E-state index is -1.38. The van der Waals surface area contributed by atoms with Crippen molar-refractivity contribution in [1.29, 1.82) is 0 Å². The van der Waals surface area contributed by atoms with E-state index in [-0.39, 0.29) is 23.6 Å². The fourth-order valence-electron chi connectivity index (χ4n) is 4.77. The average Bonchev–Trinajstić information content (AvgIpc) is 3.47. The first-order chi connectivity index (χ1) is 16.2. The molecule has 0 aliphatic carbocycles. The number of hydrogen-bond donors (Lipinski definition) is 1. The number of aliphatic carboxylic acids is 1. The summed E-state index contributed by atoms with van der Waals surface area (Å²) in [6.45, 7) is 4.23. The molecule has 0 spiro atoms. The molecule has 0 radical (unpaired) electrons. The standard InChI is InChI=1S/C24H24N4O4S2/c1-13-19-18(14(2)29)22(30)28(19)20(23(31)32)21(13)34-24-25-17(11-33-24)16-6-4-15(5-7-16)10-27-9-8-26(3)12-27/h4-9,11-14,18-19,29H,10H2,1-3H3/t13-,14-,18-,19-/m1/s1. The molecule has 2 aliphatic heterocycles. The maximum atomic E-state index is 12.5. The van der Waals surface area contributed by atoms with Crippen molar-refractivity contribution in [3.05, 3.63) is 64.5 Å². The first kappa shape index (κ1) is 22.8. The Morgan fingerprint density at radius 2 is 2.09 bits per heavy atom. The van der Waals surface area contributed by atoms with Crippen LogP contribution in [0.3, 0.4) is 0 Å². The number of nitrogens with zero attached hydrogens (tertiary/aromatic N) is 4. The van der Waals surface area contributed by atoms with Gasteiger partial charge in [0.15, 0.2) is 4.34 Å². The molecule has 3 aromatic rings. The zero-order chi connectivity index (χ0) is 24.1. The van der Waals surface area contributed by atoms with Gasteiger partial charge in [-0.1, -0.05) is 43.0 Å². The summed E-state index contributed by atoms with van der Waals surface area (Å²) in [5.41, 5.74) is 2.87. The molecule has 0 saturated carbocycles. The Labute approximate surface area is 205 Å². The van der Waals surface area contributed by atoms with E-state index in [1.807, 2.05) is 54.8 Å². The maximum Gasteiger partial charge on any atom is 0.243 e. The summed E-state index contributed by atoms with van der Waals surface area (Å²) >= 11 is 2.70. The lowest BCUT2D eigenvalue weighted by molar-refractivity contribution is -0.671. The third-order valence-corrected chi connectivity index (χ3v) is 8.64. The smallest absolute Gasteiger partial charge is 0.243 e. The quantitative estimate of drug-likeness (QED) is 0.392. The topological polar surface area (TPSA) is 102 Å². The summed E-state index contributed by atoms with van der Waals surface area (Å²) in [7, 11) is 1.99. The molecule has 4 atom stereocenters. The molecule has 1 fully saturated rings. The lowest BCUT2D eigenvalue weighted by Gasteiger charge is -2.47. The van der Waals surface area contributed by atoms with Gasteiger partial charge in [-0.25, -0.2) is 14.1 Å². The molecule has 34 heavy (non-hydrogen) atoms. The third kappa shape index (κ3) is 3.85. The van der Waals surface area contributed by atoms with Gasteiger partial charge >= 0.3 is 0 Å². The van der Waals surface area contributed by atoms with Gasteiger partial charge in [0.05, 0.1) is 42.5 Å². The van der Waals surface area contributed by atoms with Crippen LogP contribution in [0.1, 0.15) is 19.4 Å². The number of benzene rings is 1. The van der Waals surface area contributed by atoms with Crippen LogP contribution in [0.5, 0.6) is 0 Å². The molecular formula is C24H24N4O4S2. The SMILES string of the molecule is C[C@@H](O)[C@H]1C(=O)N2C(C(=O)[O-])=C(Sc3nc(-c4ccc(Cn5cc[n+](C)c5)cc4)cs3)[C@H](C)[C@H]12. The van der Waals surface area contributed by atoms with E-state index in [1.54, 1.807) is 6.92 Å². The highest BCUT2D eigenvalue weighted by Gasteiger charge is 2.58. The summed E-state index contributed by atoms with van der Waals surface area (Å²) in [5.74, 6) is -2.56. The van der Waals surface area contributed by atoms with Crippen molar-refractivity contribution < 1.29 is 24.4 Å². The second-order valence-corrected chi connectivity index (χ2v) is 11.0. The van der Waals surface area contributed by atoms with Gasteiger partial charge < -0.3 is 19.9 Å². The summed E-state index contributed by atoms with van der Waals surface area (Å²) < 4.78 is 4.80. The number of carbonyl (C=O) groups is 2. The lowest BCUT2D eigenvalue weighted by atomic mass is 9.79. The Kier molecular flexibility index (Phi) is 5.83. The van der Waals surface area contributed by atoms with Gasteiger partial charge in [-0.2, -0.15) is 0 Å². The molecule has 1 N–H and O–H groups in total. The largest absolute Gasteiger partial charge is 0.543 e. The minimum Gasteiger partial charge on any atom is -0.543 e. The molecule has 8 nitrogen and oxygen atoms in total. The molecule has 176 valence electrons. The number of fused-ring (bicyclic) bond motifs is 1. The van der Waals surface area contributed by atoms with Crippen LogP contribution in [-0.2, 0) is 23.2 Å². The van der Waals surface area contributed by atoms with Crippen molar-refractivity contribution in [3.8, 4) is 11.3 Å². The van der Waals surface area contributed by atoms with Crippen LogP contribution in [0.25, 0.3) is 11.3 Å². The minimum absolute atomic E-state index is 0.0936.